The lowest BCUT2D eigenvalue weighted by Gasteiger charge is -2.36. The van der Waals surface area contributed by atoms with Crippen LogP contribution in [0.2, 0.25) is 0 Å². The summed E-state index contributed by atoms with van der Waals surface area (Å²) in [7, 11) is 2.14. The Morgan fingerprint density at radius 2 is 1.73 bits per heavy atom. The topological polar surface area (TPSA) is 29.3 Å². The van der Waals surface area contributed by atoms with Gasteiger partial charge in [-0.05, 0) is 38.0 Å². The molecule has 1 aromatic rings. The second kappa shape index (κ2) is 4.67. The van der Waals surface area contributed by atoms with Crippen molar-refractivity contribution in [2.45, 2.75) is 39.3 Å². The van der Waals surface area contributed by atoms with Crippen LogP contribution in [0.1, 0.15) is 32.8 Å². The predicted octanol–water partition coefficient (Wildman–Crippen LogP) is 2.77. The standard InChI is InChI=1S/C13H22N2/c1-5-13(2,3)15(4)12-8-6-11(10-14)7-9-12/h6-9H,5,10,14H2,1-4H3. The van der Waals surface area contributed by atoms with E-state index in [-0.39, 0.29) is 5.54 Å². The smallest absolute Gasteiger partial charge is 0.0368 e. The molecule has 0 saturated heterocycles. The third kappa shape index (κ3) is 2.72. The van der Waals surface area contributed by atoms with E-state index in [0.717, 1.165) is 6.42 Å². The molecular weight excluding hydrogens is 184 g/mol. The lowest BCUT2D eigenvalue weighted by atomic mass is 9.99. The molecule has 0 radical (unpaired) electrons. The zero-order valence-electron chi connectivity index (χ0n) is 10.2. The average Bonchev–Trinajstić information content (AvgIpc) is 2.28. The van der Waals surface area contributed by atoms with Crippen LogP contribution in [0.15, 0.2) is 24.3 Å². The molecule has 0 amide bonds. The molecule has 0 aliphatic heterocycles. The first kappa shape index (κ1) is 12.1. The van der Waals surface area contributed by atoms with E-state index in [1.165, 1.54) is 11.3 Å². The van der Waals surface area contributed by atoms with Crippen molar-refractivity contribution in [2.24, 2.45) is 5.73 Å². The van der Waals surface area contributed by atoms with Gasteiger partial charge in [0.2, 0.25) is 0 Å². The third-order valence-corrected chi connectivity index (χ3v) is 3.33. The quantitative estimate of drug-likeness (QED) is 0.820. The van der Waals surface area contributed by atoms with Crippen LogP contribution in [0.3, 0.4) is 0 Å². The number of benzene rings is 1. The molecule has 0 saturated carbocycles. The minimum atomic E-state index is 0.199. The van der Waals surface area contributed by atoms with E-state index in [1.54, 1.807) is 0 Å². The van der Waals surface area contributed by atoms with Crippen LogP contribution in [0, 0.1) is 0 Å². The summed E-state index contributed by atoms with van der Waals surface area (Å²) < 4.78 is 0. The van der Waals surface area contributed by atoms with Crippen LogP contribution in [0.25, 0.3) is 0 Å². The van der Waals surface area contributed by atoms with Gasteiger partial charge in [0, 0.05) is 24.8 Å². The highest BCUT2D eigenvalue weighted by Gasteiger charge is 2.20. The summed E-state index contributed by atoms with van der Waals surface area (Å²) in [4.78, 5) is 2.31. The third-order valence-electron chi connectivity index (χ3n) is 3.33. The zero-order valence-corrected chi connectivity index (χ0v) is 10.2. The number of hydrogen-bond donors (Lipinski definition) is 1. The van der Waals surface area contributed by atoms with Crippen molar-refractivity contribution in [1.29, 1.82) is 0 Å². The fraction of sp³-hybridized carbons (Fsp3) is 0.538. The summed E-state index contributed by atoms with van der Waals surface area (Å²) in [5.41, 5.74) is 8.20. The van der Waals surface area contributed by atoms with Crippen molar-refractivity contribution >= 4 is 5.69 Å². The highest BCUT2D eigenvalue weighted by Crippen LogP contribution is 2.24. The van der Waals surface area contributed by atoms with E-state index in [4.69, 9.17) is 5.73 Å². The zero-order chi connectivity index (χ0) is 11.5. The van der Waals surface area contributed by atoms with Gasteiger partial charge in [-0.15, -0.1) is 0 Å². The Labute approximate surface area is 93.1 Å². The lowest BCUT2D eigenvalue weighted by molar-refractivity contribution is 0.471. The Morgan fingerprint density at radius 1 is 1.20 bits per heavy atom. The fourth-order valence-corrected chi connectivity index (χ4v) is 1.44. The number of nitrogens with zero attached hydrogens (tertiary/aromatic N) is 1. The van der Waals surface area contributed by atoms with Gasteiger partial charge in [-0.25, -0.2) is 0 Å². The monoisotopic (exact) mass is 206 g/mol. The summed E-state index contributed by atoms with van der Waals surface area (Å²) in [5, 5.41) is 0. The first-order valence-corrected chi connectivity index (χ1v) is 5.54. The van der Waals surface area contributed by atoms with Crippen molar-refractivity contribution in [2.75, 3.05) is 11.9 Å². The lowest BCUT2D eigenvalue weighted by Crippen LogP contribution is -2.40. The molecule has 0 spiro atoms. The predicted molar refractivity (Wildman–Crippen MR) is 67.1 cm³/mol. The molecule has 84 valence electrons. The molecule has 2 N–H and O–H groups in total. The molecule has 0 atom stereocenters. The summed E-state index contributed by atoms with van der Waals surface area (Å²) in [6.07, 6.45) is 1.13. The molecule has 0 unspecified atom stereocenters. The summed E-state index contributed by atoms with van der Waals surface area (Å²) >= 11 is 0. The Bertz CT molecular complexity index is 301. The van der Waals surface area contributed by atoms with Crippen LogP contribution >= 0.6 is 0 Å². The van der Waals surface area contributed by atoms with E-state index < -0.39 is 0 Å². The molecule has 1 aromatic carbocycles. The maximum Gasteiger partial charge on any atom is 0.0368 e. The molecule has 2 heteroatoms. The van der Waals surface area contributed by atoms with Gasteiger partial charge >= 0.3 is 0 Å². The molecular formula is C13H22N2. The van der Waals surface area contributed by atoms with Crippen molar-refractivity contribution in [3.63, 3.8) is 0 Å². The van der Waals surface area contributed by atoms with E-state index in [9.17, 15) is 0 Å². The van der Waals surface area contributed by atoms with Crippen LogP contribution in [-0.4, -0.2) is 12.6 Å². The second-order valence-corrected chi connectivity index (χ2v) is 4.60. The first-order valence-electron chi connectivity index (χ1n) is 5.54. The van der Waals surface area contributed by atoms with Gasteiger partial charge in [0.05, 0.1) is 0 Å². The number of nitrogens with two attached hydrogens (primary N) is 1. The largest absolute Gasteiger partial charge is 0.369 e. The number of rotatable bonds is 4. The van der Waals surface area contributed by atoms with Crippen LogP contribution in [0.5, 0.6) is 0 Å². The SMILES string of the molecule is CCC(C)(C)N(C)c1ccc(CN)cc1. The van der Waals surface area contributed by atoms with Crippen molar-refractivity contribution in [3.05, 3.63) is 29.8 Å². The van der Waals surface area contributed by atoms with E-state index >= 15 is 0 Å². The van der Waals surface area contributed by atoms with Gasteiger partial charge in [0.1, 0.15) is 0 Å². The highest BCUT2D eigenvalue weighted by atomic mass is 15.2. The minimum absolute atomic E-state index is 0.199. The molecule has 0 fully saturated rings. The van der Waals surface area contributed by atoms with Gasteiger partial charge in [-0.3, -0.25) is 0 Å². The molecule has 15 heavy (non-hydrogen) atoms. The van der Waals surface area contributed by atoms with Crippen molar-refractivity contribution in [1.82, 2.24) is 0 Å². The maximum absolute atomic E-state index is 5.57. The Morgan fingerprint density at radius 3 is 2.13 bits per heavy atom. The Kier molecular flexibility index (Phi) is 3.75. The molecule has 0 bridgehead atoms. The highest BCUT2D eigenvalue weighted by molar-refractivity contribution is 5.49. The molecule has 2 nitrogen and oxygen atoms in total. The molecule has 0 aliphatic rings. The minimum Gasteiger partial charge on any atom is -0.369 e. The molecule has 0 heterocycles. The summed E-state index contributed by atoms with van der Waals surface area (Å²) in [5.74, 6) is 0. The Hall–Kier alpha value is -1.02. The average molecular weight is 206 g/mol. The van der Waals surface area contributed by atoms with Crippen molar-refractivity contribution < 1.29 is 0 Å². The first-order chi connectivity index (χ1) is 7.01. The van der Waals surface area contributed by atoms with Crippen LogP contribution in [0.4, 0.5) is 5.69 Å². The van der Waals surface area contributed by atoms with Gasteiger partial charge in [-0.1, -0.05) is 19.1 Å². The van der Waals surface area contributed by atoms with E-state index in [2.05, 4.69) is 57.0 Å². The fourth-order valence-electron chi connectivity index (χ4n) is 1.44. The van der Waals surface area contributed by atoms with Gasteiger partial charge in [0.15, 0.2) is 0 Å². The second-order valence-electron chi connectivity index (χ2n) is 4.60. The van der Waals surface area contributed by atoms with Crippen molar-refractivity contribution in [3.8, 4) is 0 Å². The van der Waals surface area contributed by atoms with Gasteiger partial charge in [0.25, 0.3) is 0 Å². The number of hydrogen-bond acceptors (Lipinski definition) is 2. The van der Waals surface area contributed by atoms with Crippen LogP contribution in [-0.2, 0) is 6.54 Å². The molecule has 1 rings (SSSR count). The number of anilines is 1. The normalized spacial score (nSPS) is 11.5. The maximum atomic E-state index is 5.57. The van der Waals surface area contributed by atoms with E-state index in [1.807, 2.05) is 0 Å². The van der Waals surface area contributed by atoms with Gasteiger partial charge < -0.3 is 10.6 Å². The van der Waals surface area contributed by atoms with Crippen LogP contribution < -0.4 is 10.6 Å². The Balaban J connectivity index is 2.87. The van der Waals surface area contributed by atoms with E-state index in [0.29, 0.717) is 6.54 Å². The summed E-state index contributed by atoms with van der Waals surface area (Å²) in [6, 6.07) is 8.47. The molecule has 0 aliphatic carbocycles. The molecule has 0 aromatic heterocycles. The summed E-state index contributed by atoms with van der Waals surface area (Å²) in [6.45, 7) is 7.33. The van der Waals surface area contributed by atoms with Gasteiger partial charge in [-0.2, -0.15) is 0 Å².